The molecule has 3 nitrogen and oxygen atoms in total. The Balaban J connectivity index is 1.73. The highest BCUT2D eigenvalue weighted by Gasteiger charge is 2.20. The molecule has 0 fully saturated rings. The van der Waals surface area contributed by atoms with Crippen molar-refractivity contribution >= 4 is 0 Å². The van der Waals surface area contributed by atoms with Gasteiger partial charge in [-0.1, -0.05) is 30.3 Å². The highest BCUT2D eigenvalue weighted by molar-refractivity contribution is 5.30. The number of hydrogen-bond acceptors (Lipinski definition) is 3. The Bertz CT molecular complexity index is 580. The van der Waals surface area contributed by atoms with Crippen LogP contribution >= 0.6 is 0 Å². The van der Waals surface area contributed by atoms with E-state index in [-0.39, 0.29) is 0 Å². The number of benzene rings is 1. The first kappa shape index (κ1) is 11.1. The Morgan fingerprint density at radius 3 is 2.89 bits per heavy atom. The molecule has 2 heterocycles. The van der Waals surface area contributed by atoms with Crippen molar-refractivity contribution in [1.82, 2.24) is 4.90 Å². The Hall–Kier alpha value is -2.05. The van der Waals surface area contributed by atoms with Crippen LogP contribution in [0.15, 0.2) is 40.8 Å². The van der Waals surface area contributed by atoms with Gasteiger partial charge in [0.05, 0.1) is 6.54 Å². The zero-order valence-electron chi connectivity index (χ0n) is 10.1. The van der Waals surface area contributed by atoms with Gasteiger partial charge < -0.3 is 4.42 Å². The van der Waals surface area contributed by atoms with Crippen molar-refractivity contribution in [1.29, 1.82) is 5.26 Å². The molecule has 0 spiro atoms. The molecule has 2 aromatic rings. The summed E-state index contributed by atoms with van der Waals surface area (Å²) in [6.45, 7) is 2.75. The van der Waals surface area contributed by atoms with Gasteiger partial charge in [0, 0.05) is 13.1 Å². The Kier molecular flexibility index (Phi) is 2.87. The van der Waals surface area contributed by atoms with E-state index in [2.05, 4.69) is 35.2 Å². The van der Waals surface area contributed by atoms with E-state index in [1.807, 2.05) is 12.1 Å². The van der Waals surface area contributed by atoms with Gasteiger partial charge in [-0.2, -0.15) is 5.26 Å². The number of hydrogen-bond donors (Lipinski definition) is 0. The lowest BCUT2D eigenvalue weighted by molar-refractivity contribution is 0.220. The van der Waals surface area contributed by atoms with Crippen LogP contribution in [0.25, 0.3) is 0 Å². The third-order valence-corrected chi connectivity index (χ3v) is 3.32. The van der Waals surface area contributed by atoms with Crippen molar-refractivity contribution in [2.24, 2.45) is 0 Å². The van der Waals surface area contributed by atoms with E-state index < -0.39 is 0 Å². The van der Waals surface area contributed by atoms with Crippen molar-refractivity contribution < 1.29 is 4.42 Å². The van der Waals surface area contributed by atoms with E-state index in [0.717, 1.165) is 31.8 Å². The second kappa shape index (κ2) is 4.67. The molecule has 1 aliphatic heterocycles. The molecule has 0 N–H and O–H groups in total. The third-order valence-electron chi connectivity index (χ3n) is 3.32. The van der Waals surface area contributed by atoms with Crippen LogP contribution in [0, 0.1) is 11.3 Å². The van der Waals surface area contributed by atoms with Crippen molar-refractivity contribution in [3.63, 3.8) is 0 Å². The monoisotopic (exact) mass is 238 g/mol. The van der Waals surface area contributed by atoms with Crippen molar-refractivity contribution in [2.75, 3.05) is 6.54 Å². The molecule has 0 amide bonds. The Labute approximate surface area is 106 Å². The van der Waals surface area contributed by atoms with Crippen LogP contribution < -0.4 is 0 Å². The first-order valence-electron chi connectivity index (χ1n) is 6.13. The van der Waals surface area contributed by atoms with Crippen molar-refractivity contribution in [2.45, 2.75) is 19.5 Å². The minimum absolute atomic E-state index is 0.432. The number of fused-ring (bicyclic) bond motifs is 1. The number of nitriles is 1. The number of furan rings is 1. The van der Waals surface area contributed by atoms with Crippen molar-refractivity contribution in [3.05, 3.63) is 59.0 Å². The van der Waals surface area contributed by atoms with Gasteiger partial charge >= 0.3 is 0 Å². The van der Waals surface area contributed by atoms with Crippen LogP contribution in [0.4, 0.5) is 0 Å². The van der Waals surface area contributed by atoms with Gasteiger partial charge in [0.15, 0.2) is 0 Å². The third kappa shape index (κ3) is 2.15. The summed E-state index contributed by atoms with van der Waals surface area (Å²) in [5.41, 5.74) is 2.50. The standard InChI is InChI=1S/C15H14N2O/c16-9-14-8-13-6-7-17(11-15(13)18-14)10-12-4-2-1-3-5-12/h1-5,8H,6-7,10-11H2. The predicted molar refractivity (Wildman–Crippen MR) is 67.7 cm³/mol. The summed E-state index contributed by atoms with van der Waals surface area (Å²) in [7, 11) is 0. The van der Waals surface area contributed by atoms with Gasteiger partial charge in [0.2, 0.25) is 5.76 Å². The van der Waals surface area contributed by atoms with E-state index in [1.165, 1.54) is 11.1 Å². The van der Waals surface area contributed by atoms with E-state index in [9.17, 15) is 0 Å². The maximum Gasteiger partial charge on any atom is 0.204 e. The predicted octanol–water partition coefficient (Wildman–Crippen LogP) is 2.71. The minimum atomic E-state index is 0.432. The molecule has 0 aliphatic carbocycles. The molecule has 0 bridgehead atoms. The lowest BCUT2D eigenvalue weighted by Gasteiger charge is -2.25. The van der Waals surface area contributed by atoms with Crippen LogP contribution in [0.1, 0.15) is 22.6 Å². The smallest absolute Gasteiger partial charge is 0.204 e. The number of nitrogens with zero attached hydrogens (tertiary/aromatic N) is 2. The molecular weight excluding hydrogens is 224 g/mol. The lowest BCUT2D eigenvalue weighted by atomic mass is 10.1. The first-order valence-corrected chi connectivity index (χ1v) is 6.13. The highest BCUT2D eigenvalue weighted by atomic mass is 16.3. The van der Waals surface area contributed by atoms with Gasteiger partial charge in [-0.25, -0.2) is 0 Å². The first-order chi connectivity index (χ1) is 8.85. The summed E-state index contributed by atoms with van der Waals surface area (Å²) in [5, 5.41) is 8.83. The topological polar surface area (TPSA) is 40.2 Å². The fourth-order valence-corrected chi connectivity index (χ4v) is 2.40. The summed E-state index contributed by atoms with van der Waals surface area (Å²) in [6.07, 6.45) is 0.966. The Morgan fingerprint density at radius 1 is 1.28 bits per heavy atom. The molecule has 1 aliphatic rings. The molecule has 18 heavy (non-hydrogen) atoms. The van der Waals surface area contributed by atoms with E-state index >= 15 is 0 Å². The minimum Gasteiger partial charge on any atom is -0.449 e. The maximum atomic E-state index is 8.83. The Morgan fingerprint density at radius 2 is 2.11 bits per heavy atom. The number of rotatable bonds is 2. The summed E-state index contributed by atoms with van der Waals surface area (Å²) in [5.74, 6) is 1.38. The van der Waals surface area contributed by atoms with Crippen LogP contribution in [0.3, 0.4) is 0 Å². The second-order valence-corrected chi connectivity index (χ2v) is 4.62. The zero-order chi connectivity index (χ0) is 12.4. The molecule has 3 heteroatoms. The van der Waals surface area contributed by atoms with Crippen LogP contribution in [-0.2, 0) is 19.5 Å². The quantitative estimate of drug-likeness (QED) is 0.807. The van der Waals surface area contributed by atoms with Crippen molar-refractivity contribution in [3.8, 4) is 6.07 Å². The SMILES string of the molecule is N#Cc1cc2c(o1)CN(Cc1ccccc1)CC2. The fourth-order valence-electron chi connectivity index (χ4n) is 2.40. The normalized spacial score (nSPS) is 15.1. The zero-order valence-corrected chi connectivity index (χ0v) is 10.1. The molecule has 90 valence electrons. The summed E-state index contributed by atoms with van der Waals surface area (Å²) >= 11 is 0. The molecule has 0 radical (unpaired) electrons. The van der Waals surface area contributed by atoms with Gasteiger partial charge in [-0.05, 0) is 23.6 Å². The van der Waals surface area contributed by atoms with E-state index in [0.29, 0.717) is 5.76 Å². The molecule has 1 aromatic heterocycles. The van der Waals surface area contributed by atoms with Gasteiger partial charge in [-0.3, -0.25) is 4.90 Å². The molecule has 0 unspecified atom stereocenters. The summed E-state index contributed by atoms with van der Waals surface area (Å²) in [6, 6.07) is 14.4. The summed E-state index contributed by atoms with van der Waals surface area (Å²) < 4.78 is 5.52. The average molecular weight is 238 g/mol. The van der Waals surface area contributed by atoms with Gasteiger partial charge in [0.25, 0.3) is 0 Å². The molecular formula is C15H14N2O. The second-order valence-electron chi connectivity index (χ2n) is 4.62. The fraction of sp³-hybridized carbons (Fsp3) is 0.267. The highest BCUT2D eigenvalue weighted by Crippen LogP contribution is 2.23. The molecule has 0 saturated carbocycles. The molecule has 3 rings (SSSR count). The van der Waals surface area contributed by atoms with Gasteiger partial charge in [0.1, 0.15) is 11.8 Å². The van der Waals surface area contributed by atoms with Gasteiger partial charge in [-0.15, -0.1) is 0 Å². The average Bonchev–Trinajstić information content (AvgIpc) is 2.82. The van der Waals surface area contributed by atoms with E-state index in [4.69, 9.17) is 9.68 Å². The van der Waals surface area contributed by atoms with E-state index in [1.54, 1.807) is 0 Å². The largest absolute Gasteiger partial charge is 0.449 e. The molecule has 1 aromatic carbocycles. The molecule has 0 atom stereocenters. The molecule has 0 saturated heterocycles. The van der Waals surface area contributed by atoms with Crippen LogP contribution in [0.2, 0.25) is 0 Å². The lowest BCUT2D eigenvalue weighted by Crippen LogP contribution is -2.29. The summed E-state index contributed by atoms with van der Waals surface area (Å²) in [4.78, 5) is 2.35. The van der Waals surface area contributed by atoms with Crippen LogP contribution in [-0.4, -0.2) is 11.4 Å². The van der Waals surface area contributed by atoms with Crippen LogP contribution in [0.5, 0.6) is 0 Å². The maximum absolute atomic E-state index is 8.83.